The molecule has 1 aromatic heterocycles. The van der Waals surface area contributed by atoms with Crippen molar-refractivity contribution < 1.29 is 4.74 Å². The van der Waals surface area contributed by atoms with Crippen LogP contribution in [0.1, 0.15) is 57.8 Å². The normalized spacial score (nSPS) is 21.7. The Morgan fingerprint density at radius 1 is 1.08 bits per heavy atom. The highest BCUT2D eigenvalue weighted by Crippen LogP contribution is 2.29. The van der Waals surface area contributed by atoms with Gasteiger partial charge in [-0.25, -0.2) is 4.68 Å². The van der Waals surface area contributed by atoms with Crippen molar-refractivity contribution in [3.63, 3.8) is 0 Å². The zero-order chi connectivity index (χ0) is 17.6. The minimum atomic E-state index is 0. The molecule has 26 heavy (non-hydrogen) atoms. The summed E-state index contributed by atoms with van der Waals surface area (Å²) in [6, 6.07) is 1.10. The maximum atomic E-state index is 5.20. The largest absolute Gasteiger partial charge is 0.383 e. The molecule has 8 heteroatoms. The predicted octanol–water partition coefficient (Wildman–Crippen LogP) is 2.39. The van der Waals surface area contributed by atoms with E-state index >= 15 is 0 Å². The van der Waals surface area contributed by atoms with E-state index < -0.39 is 0 Å². The second kappa shape index (κ2) is 10.5. The third-order valence-corrected chi connectivity index (χ3v) is 5.80. The summed E-state index contributed by atoms with van der Waals surface area (Å²) in [7, 11) is 1.72. The number of piperazine rings is 1. The van der Waals surface area contributed by atoms with Crippen LogP contribution in [0.3, 0.4) is 0 Å². The Bertz CT molecular complexity index is 512. The van der Waals surface area contributed by atoms with Crippen molar-refractivity contribution in [2.75, 3.05) is 39.9 Å². The standard InChI is InChI=1S/C18H34N6O.ClH/c1-15(2)17(18-19-20-21-24(18)13-14-25-3)23-11-9-22(10-12-23)16-7-5-4-6-8-16;/h15-17H,4-14H2,1-3H3;1H. The molecule has 7 nitrogen and oxygen atoms in total. The molecule has 2 aliphatic rings. The summed E-state index contributed by atoms with van der Waals surface area (Å²) in [6.45, 7) is 10.5. The van der Waals surface area contributed by atoms with Crippen molar-refractivity contribution >= 4 is 12.4 Å². The van der Waals surface area contributed by atoms with Gasteiger partial charge in [0.05, 0.1) is 19.2 Å². The van der Waals surface area contributed by atoms with Gasteiger partial charge in [0.15, 0.2) is 5.82 Å². The van der Waals surface area contributed by atoms with Crippen LogP contribution < -0.4 is 0 Å². The van der Waals surface area contributed by atoms with E-state index in [0.717, 1.165) is 25.0 Å². The third-order valence-electron chi connectivity index (χ3n) is 5.80. The zero-order valence-corrected chi connectivity index (χ0v) is 17.3. The van der Waals surface area contributed by atoms with Crippen LogP contribution in [-0.4, -0.2) is 75.9 Å². The van der Waals surface area contributed by atoms with E-state index in [4.69, 9.17) is 4.74 Å². The fourth-order valence-electron chi connectivity index (χ4n) is 4.47. The molecule has 1 unspecified atom stereocenters. The van der Waals surface area contributed by atoms with Gasteiger partial charge >= 0.3 is 0 Å². The lowest BCUT2D eigenvalue weighted by Crippen LogP contribution is -2.52. The van der Waals surface area contributed by atoms with Gasteiger partial charge in [-0.05, 0) is 29.2 Å². The number of rotatable bonds is 7. The lowest BCUT2D eigenvalue weighted by atomic mass is 9.93. The van der Waals surface area contributed by atoms with Gasteiger partial charge in [0.25, 0.3) is 0 Å². The SMILES string of the molecule is COCCn1nnnc1C(C(C)C)N1CCN(C2CCCCC2)CC1.Cl. The van der Waals surface area contributed by atoms with Crippen LogP contribution in [0.2, 0.25) is 0 Å². The number of halogens is 1. The fourth-order valence-corrected chi connectivity index (χ4v) is 4.47. The number of nitrogens with zero attached hydrogens (tertiary/aromatic N) is 6. The van der Waals surface area contributed by atoms with E-state index in [1.807, 2.05) is 4.68 Å². The highest BCUT2D eigenvalue weighted by atomic mass is 35.5. The molecular formula is C18H35ClN6O. The lowest BCUT2D eigenvalue weighted by Gasteiger charge is -2.43. The molecule has 2 heterocycles. The van der Waals surface area contributed by atoms with Gasteiger partial charge in [-0.2, -0.15) is 0 Å². The van der Waals surface area contributed by atoms with Crippen LogP contribution >= 0.6 is 12.4 Å². The van der Waals surface area contributed by atoms with Crippen molar-refractivity contribution in [3.8, 4) is 0 Å². The minimum absolute atomic E-state index is 0. The Labute approximate surface area is 163 Å². The summed E-state index contributed by atoms with van der Waals surface area (Å²) >= 11 is 0. The molecule has 1 atom stereocenters. The van der Waals surface area contributed by atoms with Crippen LogP contribution in [0, 0.1) is 5.92 Å². The number of aromatic nitrogens is 4. The number of tetrazole rings is 1. The van der Waals surface area contributed by atoms with Gasteiger partial charge in [-0.1, -0.05) is 33.1 Å². The molecule has 1 aromatic rings. The van der Waals surface area contributed by atoms with Gasteiger partial charge in [0.1, 0.15) is 0 Å². The maximum Gasteiger partial charge on any atom is 0.168 e. The molecular weight excluding hydrogens is 352 g/mol. The number of ether oxygens (including phenoxy) is 1. The van der Waals surface area contributed by atoms with E-state index in [9.17, 15) is 0 Å². The highest BCUT2D eigenvalue weighted by molar-refractivity contribution is 5.85. The molecule has 150 valence electrons. The number of methoxy groups -OCH3 is 1. The Kier molecular flexibility index (Phi) is 8.73. The van der Waals surface area contributed by atoms with Gasteiger partial charge in [0.2, 0.25) is 0 Å². The van der Waals surface area contributed by atoms with Gasteiger partial charge in [-0.3, -0.25) is 9.80 Å². The van der Waals surface area contributed by atoms with Crippen LogP contribution in [0.25, 0.3) is 0 Å². The zero-order valence-electron chi connectivity index (χ0n) is 16.5. The molecule has 1 saturated carbocycles. The average Bonchev–Trinajstić information content (AvgIpc) is 3.09. The summed E-state index contributed by atoms with van der Waals surface area (Å²) in [4.78, 5) is 5.31. The highest BCUT2D eigenvalue weighted by Gasteiger charge is 2.33. The smallest absolute Gasteiger partial charge is 0.168 e. The second-order valence-corrected chi connectivity index (χ2v) is 7.81. The molecule has 0 N–H and O–H groups in total. The summed E-state index contributed by atoms with van der Waals surface area (Å²) in [5.74, 6) is 1.46. The first-order valence-corrected chi connectivity index (χ1v) is 9.93. The maximum absolute atomic E-state index is 5.20. The van der Waals surface area contributed by atoms with Crippen molar-refractivity contribution in [3.05, 3.63) is 5.82 Å². The predicted molar refractivity (Wildman–Crippen MR) is 105 cm³/mol. The van der Waals surface area contributed by atoms with Gasteiger partial charge in [-0.15, -0.1) is 17.5 Å². The fraction of sp³-hybridized carbons (Fsp3) is 0.944. The molecule has 2 fully saturated rings. The molecule has 0 amide bonds. The molecule has 1 saturated heterocycles. The van der Waals surface area contributed by atoms with Gasteiger partial charge < -0.3 is 4.74 Å². The molecule has 1 aliphatic heterocycles. The first kappa shape index (κ1) is 21.5. The van der Waals surface area contributed by atoms with Crippen LogP contribution in [0.15, 0.2) is 0 Å². The van der Waals surface area contributed by atoms with Crippen LogP contribution in [-0.2, 0) is 11.3 Å². The lowest BCUT2D eigenvalue weighted by molar-refractivity contribution is 0.0388. The van der Waals surface area contributed by atoms with Crippen molar-refractivity contribution in [2.24, 2.45) is 5.92 Å². The Morgan fingerprint density at radius 2 is 1.77 bits per heavy atom. The minimum Gasteiger partial charge on any atom is -0.383 e. The summed E-state index contributed by atoms with van der Waals surface area (Å²) in [5.41, 5.74) is 0. The van der Waals surface area contributed by atoms with E-state index in [1.165, 1.54) is 45.2 Å². The van der Waals surface area contributed by atoms with E-state index in [2.05, 4.69) is 39.2 Å². The van der Waals surface area contributed by atoms with Crippen molar-refractivity contribution in [1.82, 2.24) is 30.0 Å². The first-order chi connectivity index (χ1) is 12.2. The van der Waals surface area contributed by atoms with E-state index in [1.54, 1.807) is 7.11 Å². The third kappa shape index (κ3) is 5.15. The molecule has 0 radical (unpaired) electrons. The number of hydrogen-bond acceptors (Lipinski definition) is 6. The van der Waals surface area contributed by atoms with Crippen molar-refractivity contribution in [1.29, 1.82) is 0 Å². The molecule has 0 bridgehead atoms. The van der Waals surface area contributed by atoms with E-state index in [0.29, 0.717) is 19.1 Å². The Morgan fingerprint density at radius 3 is 2.38 bits per heavy atom. The van der Waals surface area contributed by atoms with Crippen molar-refractivity contribution in [2.45, 2.75) is 64.6 Å². The molecule has 0 spiro atoms. The van der Waals surface area contributed by atoms with Crippen LogP contribution in [0.4, 0.5) is 0 Å². The number of hydrogen-bond donors (Lipinski definition) is 0. The molecule has 1 aliphatic carbocycles. The molecule has 0 aromatic carbocycles. The van der Waals surface area contributed by atoms with Gasteiger partial charge in [0, 0.05) is 39.3 Å². The Hall–Kier alpha value is -0.760. The summed E-state index contributed by atoms with van der Waals surface area (Å²) in [6.07, 6.45) is 7.03. The first-order valence-electron chi connectivity index (χ1n) is 9.93. The quantitative estimate of drug-likeness (QED) is 0.717. The van der Waals surface area contributed by atoms with E-state index in [-0.39, 0.29) is 18.4 Å². The molecule has 3 rings (SSSR count). The monoisotopic (exact) mass is 386 g/mol. The summed E-state index contributed by atoms with van der Waals surface area (Å²) < 4.78 is 7.12. The average molecular weight is 387 g/mol. The second-order valence-electron chi connectivity index (χ2n) is 7.81. The summed E-state index contributed by atoms with van der Waals surface area (Å²) in [5, 5.41) is 12.5. The topological polar surface area (TPSA) is 59.3 Å². The Balaban J connectivity index is 0.00000243. The van der Waals surface area contributed by atoms with Crippen LogP contribution in [0.5, 0.6) is 0 Å².